The summed E-state index contributed by atoms with van der Waals surface area (Å²) in [5.74, 6) is -0.0177. The first-order valence-electron chi connectivity index (χ1n) is 10.2. The van der Waals surface area contributed by atoms with Crippen LogP contribution in [0.3, 0.4) is 0 Å². The largest absolute Gasteiger partial charge is 0.447 e. The second-order valence-corrected chi connectivity index (χ2v) is 7.67. The number of nitrogens with zero attached hydrogens (tertiary/aromatic N) is 2. The third-order valence-corrected chi connectivity index (χ3v) is 4.94. The molecule has 0 aliphatic carbocycles. The molecule has 1 heterocycles. The van der Waals surface area contributed by atoms with Crippen LogP contribution in [0.2, 0.25) is 0 Å². The van der Waals surface area contributed by atoms with Crippen LogP contribution in [0.1, 0.15) is 53.3 Å². The smallest absolute Gasteiger partial charge is 0.273 e. The predicted octanol–water partition coefficient (Wildman–Crippen LogP) is 4.85. The molecule has 5 nitrogen and oxygen atoms in total. The zero-order valence-corrected chi connectivity index (χ0v) is 17.7. The fourth-order valence-electron chi connectivity index (χ4n) is 3.16. The van der Waals surface area contributed by atoms with E-state index >= 15 is 0 Å². The lowest BCUT2D eigenvalue weighted by Gasteiger charge is -2.21. The Morgan fingerprint density at radius 2 is 1.87 bits per heavy atom. The lowest BCUT2D eigenvalue weighted by atomic mass is 10.1. The SMILES string of the molecule is CCC(C)NC(=O)c1coc(CN(Cc2ccc(F)cc2)Cc2cccc(C)c2)n1. The summed E-state index contributed by atoms with van der Waals surface area (Å²) in [6.07, 6.45) is 2.24. The Hall–Kier alpha value is -2.99. The molecule has 0 saturated heterocycles. The first-order chi connectivity index (χ1) is 14.4. The molecule has 2 aromatic carbocycles. The third kappa shape index (κ3) is 6.26. The molecule has 0 spiro atoms. The van der Waals surface area contributed by atoms with Crippen molar-refractivity contribution in [2.45, 2.75) is 52.9 Å². The standard InChI is InChI=1S/C24H28FN3O2/c1-4-18(3)26-24(29)22-16-30-23(27-22)15-28(13-19-8-10-21(25)11-9-19)14-20-7-5-6-17(2)12-20/h5-12,16,18H,4,13-15H2,1-3H3,(H,26,29). The summed E-state index contributed by atoms with van der Waals surface area (Å²) in [6.45, 7) is 7.73. The number of carbonyl (C=O) groups excluding carboxylic acids is 1. The molecule has 1 amide bonds. The second kappa shape index (κ2) is 10.2. The average Bonchev–Trinajstić information content (AvgIpc) is 3.18. The highest BCUT2D eigenvalue weighted by Crippen LogP contribution is 2.16. The lowest BCUT2D eigenvalue weighted by molar-refractivity contribution is 0.0934. The summed E-state index contributed by atoms with van der Waals surface area (Å²) in [4.78, 5) is 18.8. The van der Waals surface area contributed by atoms with Crippen LogP contribution in [0.25, 0.3) is 0 Å². The molecule has 0 saturated carbocycles. The summed E-state index contributed by atoms with van der Waals surface area (Å²) in [5.41, 5.74) is 3.63. The monoisotopic (exact) mass is 409 g/mol. The molecule has 0 fully saturated rings. The van der Waals surface area contributed by atoms with Gasteiger partial charge in [0.1, 0.15) is 12.1 Å². The minimum absolute atomic E-state index is 0.0777. The number of rotatable bonds is 9. The molecular weight excluding hydrogens is 381 g/mol. The minimum atomic E-state index is -0.256. The van der Waals surface area contributed by atoms with Crippen LogP contribution in [0.4, 0.5) is 4.39 Å². The number of carbonyl (C=O) groups is 1. The van der Waals surface area contributed by atoms with Gasteiger partial charge in [0.25, 0.3) is 5.91 Å². The molecule has 0 radical (unpaired) electrons. The number of benzene rings is 2. The summed E-state index contributed by atoms with van der Waals surface area (Å²) < 4.78 is 18.9. The van der Waals surface area contributed by atoms with Crippen molar-refractivity contribution in [3.8, 4) is 0 Å². The molecule has 3 rings (SSSR count). The Morgan fingerprint density at radius 1 is 1.13 bits per heavy atom. The average molecular weight is 410 g/mol. The van der Waals surface area contributed by atoms with Gasteiger partial charge in [-0.2, -0.15) is 0 Å². The number of aromatic nitrogens is 1. The van der Waals surface area contributed by atoms with Crippen LogP contribution < -0.4 is 5.32 Å². The van der Waals surface area contributed by atoms with E-state index in [1.807, 2.05) is 19.9 Å². The van der Waals surface area contributed by atoms with Gasteiger partial charge >= 0.3 is 0 Å². The van der Waals surface area contributed by atoms with E-state index in [0.717, 1.165) is 12.0 Å². The van der Waals surface area contributed by atoms with Crippen molar-refractivity contribution in [2.75, 3.05) is 0 Å². The number of oxazole rings is 1. The normalized spacial score (nSPS) is 12.2. The number of amides is 1. The number of aryl methyl sites for hydroxylation is 1. The topological polar surface area (TPSA) is 58.4 Å². The van der Waals surface area contributed by atoms with Crippen molar-refractivity contribution in [1.29, 1.82) is 0 Å². The van der Waals surface area contributed by atoms with E-state index in [-0.39, 0.29) is 23.5 Å². The summed E-state index contributed by atoms with van der Waals surface area (Å²) in [7, 11) is 0. The second-order valence-electron chi connectivity index (χ2n) is 7.67. The maximum Gasteiger partial charge on any atom is 0.273 e. The van der Waals surface area contributed by atoms with Crippen molar-refractivity contribution >= 4 is 5.91 Å². The number of hydrogen-bond donors (Lipinski definition) is 1. The lowest BCUT2D eigenvalue weighted by Crippen LogP contribution is -2.32. The number of halogens is 1. The molecular formula is C24H28FN3O2. The fraction of sp³-hybridized carbons (Fsp3) is 0.333. The van der Waals surface area contributed by atoms with E-state index in [1.54, 1.807) is 12.1 Å². The van der Waals surface area contributed by atoms with Crippen molar-refractivity contribution in [1.82, 2.24) is 15.2 Å². The highest BCUT2D eigenvalue weighted by molar-refractivity contribution is 5.92. The van der Waals surface area contributed by atoms with E-state index in [0.29, 0.717) is 25.5 Å². The zero-order chi connectivity index (χ0) is 21.5. The molecule has 30 heavy (non-hydrogen) atoms. The maximum absolute atomic E-state index is 13.3. The van der Waals surface area contributed by atoms with Gasteiger partial charge in [-0.05, 0) is 43.5 Å². The molecule has 0 aliphatic heterocycles. The van der Waals surface area contributed by atoms with Gasteiger partial charge in [0.2, 0.25) is 5.89 Å². The van der Waals surface area contributed by atoms with E-state index < -0.39 is 0 Å². The van der Waals surface area contributed by atoms with Crippen LogP contribution in [0.5, 0.6) is 0 Å². The Morgan fingerprint density at radius 3 is 2.57 bits per heavy atom. The van der Waals surface area contributed by atoms with Crippen LogP contribution in [-0.2, 0) is 19.6 Å². The molecule has 158 valence electrons. The Balaban J connectivity index is 1.74. The van der Waals surface area contributed by atoms with Gasteiger partial charge in [0.15, 0.2) is 5.69 Å². The van der Waals surface area contributed by atoms with Gasteiger partial charge in [-0.15, -0.1) is 0 Å². The molecule has 1 atom stereocenters. The van der Waals surface area contributed by atoms with Crippen LogP contribution in [0, 0.1) is 12.7 Å². The van der Waals surface area contributed by atoms with Gasteiger partial charge in [-0.25, -0.2) is 9.37 Å². The zero-order valence-electron chi connectivity index (χ0n) is 17.7. The Bertz CT molecular complexity index is 969. The summed E-state index contributed by atoms with van der Waals surface area (Å²) in [5, 5.41) is 2.89. The van der Waals surface area contributed by atoms with Crippen molar-refractivity contribution < 1.29 is 13.6 Å². The van der Waals surface area contributed by atoms with Crippen LogP contribution >= 0.6 is 0 Å². The molecule has 0 bridgehead atoms. The van der Waals surface area contributed by atoms with Gasteiger partial charge in [-0.3, -0.25) is 9.69 Å². The molecule has 3 aromatic rings. The Labute approximate surface area is 176 Å². The highest BCUT2D eigenvalue weighted by Gasteiger charge is 2.17. The molecule has 1 unspecified atom stereocenters. The van der Waals surface area contributed by atoms with Crippen LogP contribution in [0.15, 0.2) is 59.2 Å². The molecule has 1 N–H and O–H groups in total. The predicted molar refractivity (Wildman–Crippen MR) is 114 cm³/mol. The molecule has 6 heteroatoms. The van der Waals surface area contributed by atoms with E-state index in [4.69, 9.17) is 4.42 Å². The van der Waals surface area contributed by atoms with Gasteiger partial charge in [-0.1, -0.05) is 48.9 Å². The third-order valence-electron chi connectivity index (χ3n) is 4.94. The quantitative estimate of drug-likeness (QED) is 0.549. The van der Waals surface area contributed by atoms with Crippen LogP contribution in [-0.4, -0.2) is 21.8 Å². The van der Waals surface area contributed by atoms with Crippen molar-refractivity contribution in [3.63, 3.8) is 0 Å². The number of nitrogens with one attached hydrogen (secondary N) is 1. The van der Waals surface area contributed by atoms with Gasteiger partial charge < -0.3 is 9.73 Å². The highest BCUT2D eigenvalue weighted by atomic mass is 19.1. The van der Waals surface area contributed by atoms with E-state index in [2.05, 4.69) is 40.3 Å². The van der Waals surface area contributed by atoms with Crippen molar-refractivity contribution in [3.05, 3.63) is 88.9 Å². The Kier molecular flexibility index (Phi) is 7.36. The van der Waals surface area contributed by atoms with Crippen molar-refractivity contribution in [2.24, 2.45) is 0 Å². The first-order valence-corrected chi connectivity index (χ1v) is 10.2. The van der Waals surface area contributed by atoms with E-state index in [1.165, 1.54) is 29.5 Å². The fourth-order valence-corrected chi connectivity index (χ4v) is 3.16. The summed E-state index contributed by atoms with van der Waals surface area (Å²) in [6, 6.07) is 14.9. The molecule has 0 aliphatic rings. The van der Waals surface area contributed by atoms with E-state index in [9.17, 15) is 9.18 Å². The summed E-state index contributed by atoms with van der Waals surface area (Å²) >= 11 is 0. The minimum Gasteiger partial charge on any atom is -0.447 e. The molecule has 1 aromatic heterocycles. The van der Waals surface area contributed by atoms with Gasteiger partial charge in [0, 0.05) is 19.1 Å². The maximum atomic E-state index is 13.3. The first kappa shape index (κ1) is 21.7. The number of hydrogen-bond acceptors (Lipinski definition) is 4. The van der Waals surface area contributed by atoms with Gasteiger partial charge in [0.05, 0.1) is 6.54 Å².